The van der Waals surface area contributed by atoms with Gasteiger partial charge in [-0.25, -0.2) is 0 Å². The number of carbonyl (C=O) groups excluding carboxylic acids is 1. The van der Waals surface area contributed by atoms with Crippen LogP contribution in [0.3, 0.4) is 0 Å². The molecule has 6 nitrogen and oxygen atoms in total. The number of aliphatic hydroxyl groups excluding tert-OH is 1. The van der Waals surface area contributed by atoms with Gasteiger partial charge in [-0.2, -0.15) is 0 Å². The lowest BCUT2D eigenvalue weighted by Crippen LogP contribution is -2.27. The van der Waals surface area contributed by atoms with Gasteiger partial charge in [0.2, 0.25) is 5.76 Å². The fourth-order valence-corrected chi connectivity index (χ4v) is 1.70. The van der Waals surface area contributed by atoms with E-state index in [4.69, 9.17) is 8.94 Å². The molecule has 2 N–H and O–H groups in total. The van der Waals surface area contributed by atoms with Gasteiger partial charge in [0.25, 0.3) is 5.91 Å². The Morgan fingerprint density at radius 3 is 3.00 bits per heavy atom. The monoisotopic (exact) mass is 278 g/mol. The van der Waals surface area contributed by atoms with Gasteiger partial charge in [-0.1, -0.05) is 19.0 Å². The van der Waals surface area contributed by atoms with Crippen LogP contribution in [0.25, 0.3) is 0 Å². The smallest absolute Gasteiger partial charge is 0.290 e. The van der Waals surface area contributed by atoms with Crippen LogP contribution in [0, 0.1) is 0 Å². The van der Waals surface area contributed by atoms with E-state index in [1.54, 1.807) is 18.2 Å². The standard InChI is InChI=1S/C14H18N2O4/c1-3-9(2)10-7-13(20-16-10)14(18)15-8-11(17)12-5-4-6-19-12/h4-7,9,11,17H,3,8H2,1-2H3,(H,15,18)/t9-,11-/m1/s1. The molecule has 0 fully saturated rings. The quantitative estimate of drug-likeness (QED) is 0.846. The number of nitrogens with one attached hydrogen (secondary N) is 1. The highest BCUT2D eigenvalue weighted by Gasteiger charge is 2.17. The number of hydrogen-bond donors (Lipinski definition) is 2. The second-order valence-electron chi connectivity index (χ2n) is 4.67. The van der Waals surface area contributed by atoms with Crippen LogP contribution in [-0.4, -0.2) is 22.7 Å². The molecule has 0 aromatic carbocycles. The molecule has 0 saturated heterocycles. The van der Waals surface area contributed by atoms with Gasteiger partial charge in [-0.3, -0.25) is 4.79 Å². The van der Waals surface area contributed by atoms with Gasteiger partial charge in [0.1, 0.15) is 11.9 Å². The van der Waals surface area contributed by atoms with Crippen molar-refractivity contribution in [2.24, 2.45) is 0 Å². The summed E-state index contributed by atoms with van der Waals surface area (Å²) in [6.07, 6.45) is 1.51. The molecular weight excluding hydrogens is 260 g/mol. The molecule has 2 rings (SSSR count). The molecule has 2 heterocycles. The first kappa shape index (κ1) is 14.3. The zero-order valence-electron chi connectivity index (χ0n) is 11.5. The molecule has 0 bridgehead atoms. The molecule has 2 atom stereocenters. The summed E-state index contributed by atoms with van der Waals surface area (Å²) in [6.45, 7) is 4.10. The number of aromatic nitrogens is 1. The molecule has 1 amide bonds. The Morgan fingerprint density at radius 1 is 1.55 bits per heavy atom. The van der Waals surface area contributed by atoms with Crippen molar-refractivity contribution < 1.29 is 18.8 Å². The van der Waals surface area contributed by atoms with Gasteiger partial charge in [-0.05, 0) is 18.6 Å². The average Bonchev–Trinajstić information content (AvgIpc) is 3.13. The van der Waals surface area contributed by atoms with Gasteiger partial charge >= 0.3 is 0 Å². The predicted octanol–water partition coefficient (Wildman–Crippen LogP) is 2.24. The van der Waals surface area contributed by atoms with E-state index >= 15 is 0 Å². The SMILES string of the molecule is CC[C@@H](C)c1cc(C(=O)NC[C@@H](O)c2ccco2)on1. The second kappa shape index (κ2) is 6.38. The highest BCUT2D eigenvalue weighted by Crippen LogP contribution is 2.18. The van der Waals surface area contributed by atoms with Crippen molar-refractivity contribution in [2.75, 3.05) is 6.54 Å². The number of carbonyl (C=O) groups is 1. The Bertz CT molecular complexity index is 547. The summed E-state index contributed by atoms with van der Waals surface area (Å²) in [5, 5.41) is 16.2. The van der Waals surface area contributed by atoms with Crippen LogP contribution >= 0.6 is 0 Å². The van der Waals surface area contributed by atoms with Gasteiger partial charge in [0, 0.05) is 12.0 Å². The Hall–Kier alpha value is -2.08. The maximum Gasteiger partial charge on any atom is 0.290 e. The van der Waals surface area contributed by atoms with E-state index in [1.165, 1.54) is 6.26 Å². The van der Waals surface area contributed by atoms with Crippen molar-refractivity contribution in [2.45, 2.75) is 32.3 Å². The highest BCUT2D eigenvalue weighted by molar-refractivity contribution is 5.91. The minimum absolute atomic E-state index is 0.0473. The first-order chi connectivity index (χ1) is 9.61. The number of aliphatic hydroxyl groups is 1. The van der Waals surface area contributed by atoms with E-state index in [0.717, 1.165) is 12.1 Å². The first-order valence-electron chi connectivity index (χ1n) is 6.58. The minimum atomic E-state index is -0.883. The number of hydrogen-bond acceptors (Lipinski definition) is 5. The van der Waals surface area contributed by atoms with Crippen molar-refractivity contribution >= 4 is 5.91 Å². The summed E-state index contributed by atoms with van der Waals surface area (Å²) in [5.74, 6) is 0.391. The van der Waals surface area contributed by atoms with Crippen LogP contribution in [0.15, 0.2) is 33.4 Å². The van der Waals surface area contributed by atoms with Crippen molar-refractivity contribution in [1.82, 2.24) is 10.5 Å². The molecule has 0 radical (unpaired) electrons. The van der Waals surface area contributed by atoms with Crippen LogP contribution in [0.5, 0.6) is 0 Å². The maximum atomic E-state index is 11.9. The zero-order valence-corrected chi connectivity index (χ0v) is 11.5. The predicted molar refractivity (Wildman–Crippen MR) is 71.2 cm³/mol. The largest absolute Gasteiger partial charge is 0.467 e. The lowest BCUT2D eigenvalue weighted by Gasteiger charge is -2.07. The normalized spacial score (nSPS) is 13.9. The van der Waals surface area contributed by atoms with Gasteiger partial charge in [0.15, 0.2) is 0 Å². The van der Waals surface area contributed by atoms with E-state index in [-0.39, 0.29) is 18.2 Å². The third-order valence-electron chi connectivity index (χ3n) is 3.20. The number of furan rings is 1. The van der Waals surface area contributed by atoms with E-state index in [9.17, 15) is 9.90 Å². The Labute approximate surface area is 116 Å². The molecule has 2 aromatic rings. The van der Waals surface area contributed by atoms with Crippen LogP contribution < -0.4 is 5.32 Å². The van der Waals surface area contributed by atoms with Crippen LogP contribution in [0.2, 0.25) is 0 Å². The first-order valence-corrected chi connectivity index (χ1v) is 6.58. The number of nitrogens with zero attached hydrogens (tertiary/aromatic N) is 1. The summed E-state index contributed by atoms with van der Waals surface area (Å²) >= 11 is 0. The Kier molecular flexibility index (Phi) is 4.57. The van der Waals surface area contributed by atoms with Crippen molar-refractivity contribution in [3.8, 4) is 0 Å². The third kappa shape index (κ3) is 3.27. The summed E-state index contributed by atoms with van der Waals surface area (Å²) in [7, 11) is 0. The molecule has 0 aliphatic heterocycles. The molecule has 0 saturated carbocycles. The summed E-state index contributed by atoms with van der Waals surface area (Å²) < 4.78 is 10.1. The average molecular weight is 278 g/mol. The van der Waals surface area contributed by atoms with E-state index in [1.807, 2.05) is 13.8 Å². The van der Waals surface area contributed by atoms with Crippen LogP contribution in [-0.2, 0) is 0 Å². The van der Waals surface area contributed by atoms with Gasteiger partial charge < -0.3 is 19.4 Å². The molecule has 0 unspecified atom stereocenters. The molecule has 6 heteroatoms. The highest BCUT2D eigenvalue weighted by atomic mass is 16.5. The Balaban J connectivity index is 1.90. The van der Waals surface area contributed by atoms with E-state index in [2.05, 4.69) is 10.5 Å². The van der Waals surface area contributed by atoms with Crippen molar-refractivity contribution in [1.29, 1.82) is 0 Å². The van der Waals surface area contributed by atoms with Gasteiger partial charge in [-0.15, -0.1) is 0 Å². The minimum Gasteiger partial charge on any atom is -0.467 e. The third-order valence-corrected chi connectivity index (χ3v) is 3.20. The second-order valence-corrected chi connectivity index (χ2v) is 4.67. The van der Waals surface area contributed by atoms with Gasteiger partial charge in [0.05, 0.1) is 18.5 Å². The fraction of sp³-hybridized carbons (Fsp3) is 0.429. The topological polar surface area (TPSA) is 88.5 Å². The molecule has 2 aromatic heterocycles. The molecule has 108 valence electrons. The summed E-state index contributed by atoms with van der Waals surface area (Å²) in [4.78, 5) is 11.9. The lowest BCUT2D eigenvalue weighted by atomic mass is 10.1. The fourth-order valence-electron chi connectivity index (χ4n) is 1.70. The molecule has 20 heavy (non-hydrogen) atoms. The number of amides is 1. The molecule has 0 aliphatic carbocycles. The number of rotatable bonds is 6. The molecular formula is C14H18N2O4. The summed E-state index contributed by atoms with van der Waals surface area (Å²) in [6, 6.07) is 4.95. The van der Waals surface area contributed by atoms with E-state index < -0.39 is 12.0 Å². The van der Waals surface area contributed by atoms with Crippen molar-refractivity contribution in [3.63, 3.8) is 0 Å². The molecule has 0 spiro atoms. The zero-order chi connectivity index (χ0) is 14.5. The van der Waals surface area contributed by atoms with Crippen molar-refractivity contribution in [3.05, 3.63) is 41.7 Å². The lowest BCUT2D eigenvalue weighted by molar-refractivity contribution is 0.0865. The molecule has 0 aliphatic rings. The summed E-state index contributed by atoms with van der Waals surface area (Å²) in [5.41, 5.74) is 0.754. The van der Waals surface area contributed by atoms with Crippen LogP contribution in [0.4, 0.5) is 0 Å². The van der Waals surface area contributed by atoms with Crippen LogP contribution in [0.1, 0.15) is 54.3 Å². The Morgan fingerprint density at radius 2 is 2.35 bits per heavy atom. The van der Waals surface area contributed by atoms with E-state index in [0.29, 0.717) is 5.76 Å². The maximum absolute atomic E-state index is 11.9.